The zero-order valence-corrected chi connectivity index (χ0v) is 24.3. The molecule has 2 heterocycles. The zero-order chi connectivity index (χ0) is 30.5. The van der Waals surface area contributed by atoms with Crippen molar-refractivity contribution in [2.75, 3.05) is 0 Å². The van der Waals surface area contributed by atoms with Crippen molar-refractivity contribution in [1.29, 1.82) is 0 Å². The molecule has 0 atom stereocenters. The fourth-order valence-electron chi connectivity index (χ4n) is 5.03. The normalized spacial score (nSPS) is 11.2. The Bertz CT molecular complexity index is 1940. The largest absolute Gasteiger partial charge is 0.488 e. The van der Waals surface area contributed by atoms with E-state index >= 15 is 0 Å². The van der Waals surface area contributed by atoms with Crippen molar-refractivity contribution in [2.45, 2.75) is 27.1 Å². The number of furan rings is 1. The average molecular weight is 588 g/mol. The van der Waals surface area contributed by atoms with Crippen LogP contribution in [0.5, 0.6) is 11.5 Å². The summed E-state index contributed by atoms with van der Waals surface area (Å²) in [6, 6.07) is 33.1. The maximum Gasteiger partial charge on any atom is 0.307 e. The standard InChI is InChI=1S/C36H30FN3O4/c1-24-10-11-25(2)40(24)29-13-15-30(16-14-29)42-23-31-17-19-35(44-31)36(41)39-38-21-33-32-9-4-3-7-27(32)12-18-34(33)43-22-26-6-5-8-28(37)20-26/h3-21H,22-23H2,1-2H3,(H,39,41)/b38-21+. The maximum absolute atomic E-state index is 13.6. The van der Waals surface area contributed by atoms with Crippen LogP contribution in [0.3, 0.4) is 0 Å². The Morgan fingerprint density at radius 3 is 2.45 bits per heavy atom. The van der Waals surface area contributed by atoms with Crippen LogP contribution in [0, 0.1) is 19.7 Å². The number of aromatic nitrogens is 1. The predicted octanol–water partition coefficient (Wildman–Crippen LogP) is 7.90. The summed E-state index contributed by atoms with van der Waals surface area (Å²) in [7, 11) is 0. The number of halogens is 1. The van der Waals surface area contributed by atoms with Crippen LogP contribution in [0.4, 0.5) is 4.39 Å². The number of hydrogen-bond acceptors (Lipinski definition) is 5. The second-order valence-electron chi connectivity index (χ2n) is 10.3. The molecule has 0 spiro atoms. The minimum Gasteiger partial charge on any atom is -0.488 e. The van der Waals surface area contributed by atoms with Gasteiger partial charge in [-0.3, -0.25) is 4.79 Å². The highest BCUT2D eigenvalue weighted by atomic mass is 19.1. The quantitative estimate of drug-likeness (QED) is 0.131. The fraction of sp³-hybridized carbons (Fsp3) is 0.111. The monoisotopic (exact) mass is 587 g/mol. The lowest BCUT2D eigenvalue weighted by Gasteiger charge is -2.12. The van der Waals surface area contributed by atoms with Gasteiger partial charge >= 0.3 is 5.91 Å². The van der Waals surface area contributed by atoms with Crippen molar-refractivity contribution < 1.29 is 23.1 Å². The molecular weight excluding hydrogens is 557 g/mol. The molecule has 6 aromatic rings. The third-order valence-electron chi connectivity index (χ3n) is 7.21. The third-order valence-corrected chi connectivity index (χ3v) is 7.21. The van der Waals surface area contributed by atoms with Gasteiger partial charge in [-0.25, -0.2) is 9.82 Å². The molecule has 0 saturated heterocycles. The summed E-state index contributed by atoms with van der Waals surface area (Å²) >= 11 is 0. The van der Waals surface area contributed by atoms with Gasteiger partial charge in [0, 0.05) is 22.6 Å². The van der Waals surface area contributed by atoms with Gasteiger partial charge in [0.15, 0.2) is 5.76 Å². The molecule has 220 valence electrons. The molecule has 8 heteroatoms. The van der Waals surface area contributed by atoms with Crippen molar-refractivity contribution in [3.05, 3.63) is 149 Å². The van der Waals surface area contributed by atoms with Crippen molar-refractivity contribution in [2.24, 2.45) is 5.10 Å². The molecule has 0 bridgehead atoms. The Kier molecular flexibility index (Phi) is 8.23. The highest BCUT2D eigenvalue weighted by Crippen LogP contribution is 2.28. The number of amides is 1. The topological polar surface area (TPSA) is 78.0 Å². The zero-order valence-electron chi connectivity index (χ0n) is 24.3. The number of hydrazone groups is 1. The molecule has 1 N–H and O–H groups in total. The van der Waals surface area contributed by atoms with Crippen LogP contribution in [-0.4, -0.2) is 16.7 Å². The molecular formula is C36H30FN3O4. The van der Waals surface area contributed by atoms with E-state index in [4.69, 9.17) is 13.9 Å². The Morgan fingerprint density at radius 1 is 0.864 bits per heavy atom. The number of benzene rings is 4. The molecule has 0 fully saturated rings. The van der Waals surface area contributed by atoms with Gasteiger partial charge in [0.25, 0.3) is 0 Å². The van der Waals surface area contributed by atoms with Gasteiger partial charge in [-0.15, -0.1) is 0 Å². The summed E-state index contributed by atoms with van der Waals surface area (Å²) in [6.45, 7) is 4.48. The van der Waals surface area contributed by atoms with Crippen LogP contribution in [0.25, 0.3) is 16.5 Å². The number of nitrogens with one attached hydrogen (secondary N) is 1. The summed E-state index contributed by atoms with van der Waals surface area (Å²) in [5.41, 5.74) is 7.29. The van der Waals surface area contributed by atoms with Gasteiger partial charge in [-0.05, 0) is 96.9 Å². The Morgan fingerprint density at radius 2 is 1.66 bits per heavy atom. The smallest absolute Gasteiger partial charge is 0.307 e. The van der Waals surface area contributed by atoms with E-state index in [-0.39, 0.29) is 24.8 Å². The molecule has 0 radical (unpaired) electrons. The van der Waals surface area contributed by atoms with Gasteiger partial charge < -0.3 is 18.5 Å². The average Bonchev–Trinajstić information content (AvgIpc) is 3.65. The van der Waals surface area contributed by atoms with Crippen LogP contribution in [-0.2, 0) is 13.2 Å². The Labute approximate surface area is 254 Å². The molecule has 7 nitrogen and oxygen atoms in total. The van der Waals surface area contributed by atoms with E-state index in [1.807, 2.05) is 60.7 Å². The number of aryl methyl sites for hydroxylation is 2. The van der Waals surface area contributed by atoms with Gasteiger partial charge in [0.1, 0.15) is 36.3 Å². The molecule has 44 heavy (non-hydrogen) atoms. The lowest BCUT2D eigenvalue weighted by Crippen LogP contribution is -2.17. The van der Waals surface area contributed by atoms with Gasteiger partial charge in [-0.2, -0.15) is 5.10 Å². The first-order valence-corrected chi connectivity index (χ1v) is 14.1. The highest BCUT2D eigenvalue weighted by molar-refractivity contribution is 6.03. The van der Waals surface area contributed by atoms with Crippen LogP contribution in [0.1, 0.15) is 38.8 Å². The van der Waals surface area contributed by atoms with Gasteiger partial charge in [-0.1, -0.05) is 42.5 Å². The first kappa shape index (κ1) is 28.5. The lowest BCUT2D eigenvalue weighted by molar-refractivity contribution is 0.0923. The van der Waals surface area contributed by atoms with E-state index < -0.39 is 5.91 Å². The molecule has 0 aliphatic carbocycles. The summed E-state index contributed by atoms with van der Waals surface area (Å²) in [5, 5.41) is 6.06. The van der Waals surface area contributed by atoms with Crippen molar-refractivity contribution in [3.8, 4) is 17.2 Å². The number of carbonyl (C=O) groups excluding carboxylic acids is 1. The van der Waals surface area contributed by atoms with Crippen LogP contribution in [0.2, 0.25) is 0 Å². The van der Waals surface area contributed by atoms with Gasteiger partial charge in [0.05, 0.1) is 6.21 Å². The molecule has 1 amide bonds. The van der Waals surface area contributed by atoms with E-state index in [0.717, 1.165) is 27.8 Å². The number of hydrogen-bond donors (Lipinski definition) is 1. The van der Waals surface area contributed by atoms with E-state index in [9.17, 15) is 9.18 Å². The Hall–Kier alpha value is -5.63. The Balaban J connectivity index is 1.09. The molecule has 4 aromatic carbocycles. The van der Waals surface area contributed by atoms with Crippen LogP contribution >= 0.6 is 0 Å². The van der Waals surface area contributed by atoms with Crippen LogP contribution in [0.15, 0.2) is 119 Å². The maximum atomic E-state index is 13.6. The van der Waals surface area contributed by atoms with Gasteiger partial charge in [0.2, 0.25) is 0 Å². The number of ether oxygens (including phenoxy) is 2. The van der Waals surface area contributed by atoms with E-state index in [1.54, 1.807) is 24.3 Å². The van der Waals surface area contributed by atoms with Crippen molar-refractivity contribution in [3.63, 3.8) is 0 Å². The van der Waals surface area contributed by atoms with E-state index in [2.05, 4.69) is 41.1 Å². The van der Waals surface area contributed by atoms with E-state index in [1.165, 1.54) is 18.3 Å². The van der Waals surface area contributed by atoms with Crippen molar-refractivity contribution >= 4 is 22.9 Å². The molecule has 0 aliphatic heterocycles. The summed E-state index contributed by atoms with van der Waals surface area (Å²) < 4.78 is 33.4. The summed E-state index contributed by atoms with van der Waals surface area (Å²) in [5.74, 6) is 1.02. The molecule has 0 saturated carbocycles. The fourth-order valence-corrected chi connectivity index (χ4v) is 5.03. The minimum atomic E-state index is -0.503. The first-order valence-electron chi connectivity index (χ1n) is 14.1. The second kappa shape index (κ2) is 12.7. The molecule has 6 rings (SSSR count). The number of carbonyl (C=O) groups is 1. The minimum absolute atomic E-state index is 0.107. The summed E-state index contributed by atoms with van der Waals surface area (Å²) in [6.07, 6.45) is 1.54. The summed E-state index contributed by atoms with van der Waals surface area (Å²) in [4.78, 5) is 12.8. The second-order valence-corrected chi connectivity index (χ2v) is 10.3. The number of rotatable bonds is 10. The number of nitrogens with zero attached hydrogens (tertiary/aromatic N) is 2. The molecule has 2 aromatic heterocycles. The highest BCUT2D eigenvalue weighted by Gasteiger charge is 2.13. The SMILES string of the molecule is Cc1ccc(C)n1-c1ccc(OCc2ccc(C(=O)N/N=C/c3c(OCc4cccc(F)c4)ccc4ccccc34)o2)cc1. The first-order chi connectivity index (χ1) is 21.4. The van der Waals surface area contributed by atoms with E-state index in [0.29, 0.717) is 28.4 Å². The predicted molar refractivity (Wildman–Crippen MR) is 168 cm³/mol. The number of fused-ring (bicyclic) bond motifs is 1. The molecule has 0 unspecified atom stereocenters. The lowest BCUT2D eigenvalue weighted by atomic mass is 10.0. The third kappa shape index (κ3) is 6.39. The van der Waals surface area contributed by atoms with Crippen LogP contribution < -0.4 is 14.9 Å². The molecule has 0 aliphatic rings. The van der Waals surface area contributed by atoms with Crippen molar-refractivity contribution in [1.82, 2.24) is 9.99 Å².